The van der Waals surface area contributed by atoms with Gasteiger partial charge in [-0.2, -0.15) is 5.10 Å². The fourth-order valence-corrected chi connectivity index (χ4v) is 6.26. The lowest BCUT2D eigenvalue weighted by atomic mass is 10.0. The maximum absolute atomic E-state index is 13.5. The number of fused-ring (bicyclic) bond motifs is 1. The largest absolute Gasteiger partial charge is 0.339 e. The number of aryl methyl sites for hydroxylation is 1. The van der Waals surface area contributed by atoms with Gasteiger partial charge >= 0.3 is 0 Å². The van der Waals surface area contributed by atoms with Gasteiger partial charge in [-0.15, -0.1) is 0 Å². The third-order valence-electron chi connectivity index (χ3n) is 6.15. The van der Waals surface area contributed by atoms with E-state index in [1.54, 1.807) is 22.9 Å². The second kappa shape index (κ2) is 7.40. The molecule has 162 valence electrons. The summed E-state index contributed by atoms with van der Waals surface area (Å²) >= 11 is 0. The van der Waals surface area contributed by atoms with Gasteiger partial charge in [0.05, 0.1) is 39.9 Å². The van der Waals surface area contributed by atoms with Crippen LogP contribution in [-0.2, 0) is 9.84 Å². The predicted molar refractivity (Wildman–Crippen MR) is 115 cm³/mol. The minimum absolute atomic E-state index is 0.0150. The van der Waals surface area contributed by atoms with Crippen LogP contribution in [0, 0.1) is 12.7 Å². The molecule has 0 N–H and O–H groups in total. The molecule has 9 heteroatoms. The molecule has 1 aromatic carbocycles. The van der Waals surface area contributed by atoms with Gasteiger partial charge in [0.25, 0.3) is 5.91 Å². The monoisotopic (exact) mass is 442 g/mol. The minimum atomic E-state index is -3.12. The first-order valence-electron chi connectivity index (χ1n) is 10.5. The number of hydrogen-bond acceptors (Lipinski definition) is 5. The van der Waals surface area contributed by atoms with Crippen LogP contribution >= 0.6 is 0 Å². The number of pyridine rings is 1. The van der Waals surface area contributed by atoms with E-state index in [-0.39, 0.29) is 29.3 Å². The van der Waals surface area contributed by atoms with Crippen molar-refractivity contribution in [3.05, 3.63) is 47.4 Å². The highest BCUT2D eigenvalue weighted by Gasteiger charge is 2.33. The zero-order valence-electron chi connectivity index (χ0n) is 17.2. The van der Waals surface area contributed by atoms with Gasteiger partial charge in [-0.25, -0.2) is 22.5 Å². The number of aromatic nitrogens is 3. The molecular formula is C22H23FN4O3S. The van der Waals surface area contributed by atoms with E-state index in [1.165, 1.54) is 12.1 Å². The number of rotatable bonds is 3. The highest BCUT2D eigenvalue weighted by Crippen LogP contribution is 2.33. The topological polar surface area (TPSA) is 85.2 Å². The lowest BCUT2D eigenvalue weighted by molar-refractivity contribution is 0.0794. The van der Waals surface area contributed by atoms with Crippen LogP contribution in [0.25, 0.3) is 22.3 Å². The Labute approximate surface area is 179 Å². The maximum Gasteiger partial charge on any atom is 0.254 e. The Kier molecular flexibility index (Phi) is 4.80. The standard InChI is InChI=1S/C22H23FN4O3S/c1-14-20-18(22(28)26-9-2-3-10-26)12-19(15-4-6-16(23)7-5-15)24-21(20)27(25-14)17-8-11-31(29,30)13-17/h4-7,12,17H,2-3,8-11,13H2,1H3/t17-/m1/s1. The van der Waals surface area contributed by atoms with Gasteiger partial charge < -0.3 is 4.90 Å². The van der Waals surface area contributed by atoms with Gasteiger partial charge in [0.15, 0.2) is 15.5 Å². The third kappa shape index (κ3) is 3.60. The smallest absolute Gasteiger partial charge is 0.254 e. The molecule has 3 aromatic rings. The van der Waals surface area contributed by atoms with Crippen LogP contribution in [0.1, 0.15) is 41.4 Å². The van der Waals surface area contributed by atoms with Crippen LogP contribution in [-0.4, -0.2) is 58.6 Å². The average molecular weight is 443 g/mol. The number of hydrogen-bond donors (Lipinski definition) is 0. The molecule has 0 spiro atoms. The molecular weight excluding hydrogens is 419 g/mol. The fourth-order valence-electron chi connectivity index (χ4n) is 4.56. The molecule has 1 atom stereocenters. The highest BCUT2D eigenvalue weighted by molar-refractivity contribution is 7.91. The number of benzene rings is 1. The van der Waals surface area contributed by atoms with E-state index in [0.717, 1.165) is 12.8 Å². The Morgan fingerprint density at radius 3 is 2.52 bits per heavy atom. The Hall–Kier alpha value is -2.81. The molecule has 4 heterocycles. The van der Waals surface area contributed by atoms with E-state index < -0.39 is 9.84 Å². The van der Waals surface area contributed by atoms with Gasteiger partial charge in [0.2, 0.25) is 0 Å². The van der Waals surface area contributed by atoms with Crippen molar-refractivity contribution < 1.29 is 17.6 Å². The molecule has 2 aliphatic heterocycles. The first-order valence-corrected chi connectivity index (χ1v) is 12.3. The van der Waals surface area contributed by atoms with Crippen molar-refractivity contribution in [3.63, 3.8) is 0 Å². The zero-order chi connectivity index (χ0) is 21.8. The maximum atomic E-state index is 13.5. The molecule has 2 saturated heterocycles. The molecule has 2 fully saturated rings. The molecule has 0 bridgehead atoms. The molecule has 2 aliphatic rings. The van der Waals surface area contributed by atoms with Crippen molar-refractivity contribution in [1.82, 2.24) is 19.7 Å². The normalized spacial score (nSPS) is 20.6. The zero-order valence-corrected chi connectivity index (χ0v) is 18.0. The van der Waals surface area contributed by atoms with Gasteiger partial charge in [-0.3, -0.25) is 4.79 Å². The molecule has 5 rings (SSSR count). The molecule has 1 amide bonds. The van der Waals surface area contributed by atoms with E-state index in [1.807, 2.05) is 11.8 Å². The number of nitrogens with zero attached hydrogens (tertiary/aromatic N) is 4. The van der Waals surface area contributed by atoms with E-state index in [2.05, 4.69) is 5.10 Å². The molecule has 31 heavy (non-hydrogen) atoms. The van der Waals surface area contributed by atoms with Crippen LogP contribution in [0.4, 0.5) is 4.39 Å². The molecule has 0 unspecified atom stereocenters. The number of sulfone groups is 1. The van der Waals surface area contributed by atoms with E-state index >= 15 is 0 Å². The summed E-state index contributed by atoms with van der Waals surface area (Å²) in [4.78, 5) is 20.0. The lowest BCUT2D eigenvalue weighted by Gasteiger charge is -2.17. The summed E-state index contributed by atoms with van der Waals surface area (Å²) in [6, 6.07) is 7.40. The minimum Gasteiger partial charge on any atom is -0.339 e. The van der Waals surface area contributed by atoms with Crippen LogP contribution in [0.5, 0.6) is 0 Å². The predicted octanol–water partition coefficient (Wildman–Crippen LogP) is 3.14. The van der Waals surface area contributed by atoms with E-state index in [4.69, 9.17) is 4.98 Å². The second-order valence-corrected chi connectivity index (χ2v) is 10.6. The number of carbonyl (C=O) groups is 1. The SMILES string of the molecule is Cc1nn([C@@H]2CCS(=O)(=O)C2)c2nc(-c3ccc(F)cc3)cc(C(=O)N3CCCC3)c12. The van der Waals surface area contributed by atoms with Gasteiger partial charge in [0, 0.05) is 18.7 Å². The number of amides is 1. The fraction of sp³-hybridized carbons (Fsp3) is 0.409. The van der Waals surface area contributed by atoms with E-state index in [9.17, 15) is 17.6 Å². The Morgan fingerprint density at radius 1 is 1.16 bits per heavy atom. The highest BCUT2D eigenvalue weighted by atomic mass is 32.2. The molecule has 0 radical (unpaired) electrons. The summed E-state index contributed by atoms with van der Waals surface area (Å²) in [5, 5.41) is 5.27. The summed E-state index contributed by atoms with van der Waals surface area (Å²) in [7, 11) is -3.12. The van der Waals surface area contributed by atoms with Gasteiger partial charge in [-0.05, 0) is 56.5 Å². The van der Waals surface area contributed by atoms with Crippen LogP contribution < -0.4 is 0 Å². The number of carbonyl (C=O) groups excluding carboxylic acids is 1. The summed E-state index contributed by atoms with van der Waals surface area (Å²) in [6.07, 6.45) is 2.42. The molecule has 7 nitrogen and oxygen atoms in total. The Bertz CT molecular complexity index is 1280. The first kappa shape index (κ1) is 20.1. The van der Waals surface area contributed by atoms with Crippen molar-refractivity contribution >= 4 is 26.8 Å². The lowest BCUT2D eigenvalue weighted by Crippen LogP contribution is -2.28. The quantitative estimate of drug-likeness (QED) is 0.622. The van der Waals surface area contributed by atoms with Crippen LogP contribution in [0.3, 0.4) is 0 Å². The summed E-state index contributed by atoms with van der Waals surface area (Å²) in [5.41, 5.74) is 2.89. The second-order valence-electron chi connectivity index (χ2n) is 8.35. The molecule has 0 saturated carbocycles. The first-order chi connectivity index (χ1) is 14.8. The van der Waals surface area contributed by atoms with Crippen LogP contribution in [0.15, 0.2) is 30.3 Å². The summed E-state index contributed by atoms with van der Waals surface area (Å²) in [5.74, 6) is -0.290. The number of likely N-dealkylation sites (tertiary alicyclic amines) is 1. The van der Waals surface area contributed by atoms with Crippen molar-refractivity contribution in [2.45, 2.75) is 32.2 Å². The molecule has 2 aromatic heterocycles. The summed E-state index contributed by atoms with van der Waals surface area (Å²) in [6.45, 7) is 3.24. The number of halogens is 1. The van der Waals surface area contributed by atoms with Gasteiger partial charge in [0.1, 0.15) is 5.82 Å². The third-order valence-corrected chi connectivity index (χ3v) is 7.91. The van der Waals surface area contributed by atoms with Crippen molar-refractivity contribution in [2.75, 3.05) is 24.6 Å². The van der Waals surface area contributed by atoms with E-state index in [0.29, 0.717) is 53.1 Å². The summed E-state index contributed by atoms with van der Waals surface area (Å²) < 4.78 is 39.3. The van der Waals surface area contributed by atoms with Gasteiger partial charge in [-0.1, -0.05) is 0 Å². The average Bonchev–Trinajstić information content (AvgIpc) is 3.47. The van der Waals surface area contributed by atoms with Crippen LogP contribution in [0.2, 0.25) is 0 Å². The van der Waals surface area contributed by atoms with Crippen molar-refractivity contribution in [3.8, 4) is 11.3 Å². The Balaban J connectivity index is 1.72. The van der Waals surface area contributed by atoms with Crippen molar-refractivity contribution in [1.29, 1.82) is 0 Å². The van der Waals surface area contributed by atoms with Crippen molar-refractivity contribution in [2.24, 2.45) is 0 Å². The Morgan fingerprint density at radius 2 is 1.87 bits per heavy atom. The molecule has 0 aliphatic carbocycles.